The smallest absolute Gasteiger partial charge is 0.242 e. The van der Waals surface area contributed by atoms with E-state index in [0.717, 1.165) is 12.1 Å². The second-order valence-electron chi connectivity index (χ2n) is 6.88. The molecular weight excluding hydrogens is 463 g/mol. The molecule has 148 valence electrons. The Hall–Kier alpha value is -0.870. The molecule has 2 rings (SSSR count). The number of halogens is 1. The Balaban J connectivity index is 0.00000338. The zero-order valence-corrected chi connectivity index (χ0v) is 19.2. The number of guanidine groups is 1. The third-order valence-electron chi connectivity index (χ3n) is 5.20. The molecule has 0 atom stereocenters. The van der Waals surface area contributed by atoms with Gasteiger partial charge >= 0.3 is 0 Å². The molecule has 26 heavy (non-hydrogen) atoms. The Morgan fingerprint density at radius 2 is 1.88 bits per heavy atom. The molecule has 1 saturated carbocycles. The summed E-state index contributed by atoms with van der Waals surface area (Å²) >= 11 is 0. The average molecular weight is 494 g/mol. The molecule has 0 radical (unpaired) electrons. The first-order valence-electron chi connectivity index (χ1n) is 8.79. The topological polar surface area (TPSA) is 73.8 Å². The van der Waals surface area contributed by atoms with Gasteiger partial charge in [0.1, 0.15) is 0 Å². The van der Waals surface area contributed by atoms with Crippen LogP contribution in [0, 0.1) is 5.41 Å². The summed E-state index contributed by atoms with van der Waals surface area (Å²) in [6.45, 7) is 3.54. The van der Waals surface area contributed by atoms with E-state index in [9.17, 15) is 8.42 Å². The van der Waals surface area contributed by atoms with Gasteiger partial charge in [0.2, 0.25) is 10.0 Å². The van der Waals surface area contributed by atoms with Crippen molar-refractivity contribution in [3.8, 4) is 0 Å². The minimum atomic E-state index is -3.46. The van der Waals surface area contributed by atoms with Gasteiger partial charge in [-0.3, -0.25) is 4.99 Å². The van der Waals surface area contributed by atoms with Crippen LogP contribution in [0.25, 0.3) is 0 Å². The van der Waals surface area contributed by atoms with E-state index in [1.54, 1.807) is 33.3 Å². The average Bonchev–Trinajstić information content (AvgIpc) is 2.57. The van der Waals surface area contributed by atoms with Gasteiger partial charge < -0.3 is 10.6 Å². The summed E-state index contributed by atoms with van der Waals surface area (Å²) in [5.74, 6) is 0.705. The highest BCUT2D eigenvalue weighted by atomic mass is 127. The summed E-state index contributed by atoms with van der Waals surface area (Å²) in [6, 6.07) is 7.07. The predicted molar refractivity (Wildman–Crippen MR) is 118 cm³/mol. The zero-order valence-electron chi connectivity index (χ0n) is 16.1. The van der Waals surface area contributed by atoms with Crippen molar-refractivity contribution >= 4 is 40.0 Å². The SMILES string of the molecule is CCC1(CNC(=NC)NCc2ccccc2S(=O)(=O)N(C)C)CCC1.I. The van der Waals surface area contributed by atoms with Crippen LogP contribution in [0.15, 0.2) is 34.2 Å². The number of nitrogens with one attached hydrogen (secondary N) is 2. The summed E-state index contributed by atoms with van der Waals surface area (Å²) in [7, 11) is 1.36. The van der Waals surface area contributed by atoms with E-state index in [-0.39, 0.29) is 24.0 Å². The van der Waals surface area contributed by atoms with Crippen LogP contribution in [0.5, 0.6) is 0 Å². The molecule has 0 heterocycles. The Morgan fingerprint density at radius 1 is 1.23 bits per heavy atom. The molecule has 1 aromatic carbocycles. The lowest BCUT2D eigenvalue weighted by atomic mass is 9.67. The van der Waals surface area contributed by atoms with Gasteiger partial charge in [0.05, 0.1) is 4.90 Å². The number of rotatable bonds is 7. The van der Waals surface area contributed by atoms with Gasteiger partial charge in [0.25, 0.3) is 0 Å². The third-order valence-corrected chi connectivity index (χ3v) is 7.11. The van der Waals surface area contributed by atoms with Crippen LogP contribution in [0.1, 0.15) is 38.2 Å². The maximum Gasteiger partial charge on any atom is 0.242 e. The van der Waals surface area contributed by atoms with E-state index in [0.29, 0.717) is 22.8 Å². The van der Waals surface area contributed by atoms with Crippen LogP contribution in [-0.2, 0) is 16.6 Å². The van der Waals surface area contributed by atoms with Crippen molar-refractivity contribution < 1.29 is 8.42 Å². The molecular formula is C18H31IN4O2S. The molecule has 0 unspecified atom stereocenters. The highest BCUT2D eigenvalue weighted by Gasteiger charge is 2.34. The van der Waals surface area contributed by atoms with Crippen molar-refractivity contribution in [1.29, 1.82) is 0 Å². The van der Waals surface area contributed by atoms with Crippen molar-refractivity contribution in [1.82, 2.24) is 14.9 Å². The second-order valence-corrected chi connectivity index (χ2v) is 9.00. The summed E-state index contributed by atoms with van der Waals surface area (Å²) in [4.78, 5) is 4.59. The molecule has 0 bridgehead atoms. The lowest BCUT2D eigenvalue weighted by Crippen LogP contribution is -2.46. The summed E-state index contributed by atoms with van der Waals surface area (Å²) in [6.07, 6.45) is 4.99. The largest absolute Gasteiger partial charge is 0.356 e. The van der Waals surface area contributed by atoms with E-state index in [1.165, 1.54) is 30.0 Å². The lowest BCUT2D eigenvalue weighted by molar-refractivity contribution is 0.131. The maximum absolute atomic E-state index is 12.5. The fourth-order valence-electron chi connectivity index (χ4n) is 3.10. The first-order valence-corrected chi connectivity index (χ1v) is 10.2. The molecule has 1 aliphatic carbocycles. The highest BCUT2D eigenvalue weighted by molar-refractivity contribution is 14.0. The normalized spacial score (nSPS) is 16.6. The molecule has 0 aliphatic heterocycles. The number of sulfonamides is 1. The second kappa shape index (κ2) is 9.89. The van der Waals surface area contributed by atoms with Crippen molar-refractivity contribution in [3.05, 3.63) is 29.8 Å². The van der Waals surface area contributed by atoms with Crippen LogP contribution in [0.3, 0.4) is 0 Å². The molecule has 0 aromatic heterocycles. The third kappa shape index (κ3) is 5.32. The van der Waals surface area contributed by atoms with Crippen LogP contribution >= 0.6 is 24.0 Å². The van der Waals surface area contributed by atoms with Gasteiger partial charge in [-0.1, -0.05) is 31.5 Å². The first kappa shape index (κ1) is 23.2. The number of hydrogen-bond donors (Lipinski definition) is 2. The maximum atomic E-state index is 12.5. The fourth-order valence-corrected chi connectivity index (χ4v) is 4.22. The first-order chi connectivity index (χ1) is 11.8. The van der Waals surface area contributed by atoms with Crippen LogP contribution in [0.4, 0.5) is 0 Å². The molecule has 8 heteroatoms. The predicted octanol–water partition coefficient (Wildman–Crippen LogP) is 2.80. The number of nitrogens with zero attached hydrogens (tertiary/aromatic N) is 2. The minimum Gasteiger partial charge on any atom is -0.356 e. The van der Waals surface area contributed by atoms with E-state index < -0.39 is 10.0 Å². The standard InChI is InChI=1S/C18H30N4O2S.HI/c1-5-18(11-8-12-18)14-21-17(19-2)20-13-15-9-6-7-10-16(15)25(23,24)22(3)4;/h6-7,9-10H,5,8,11-14H2,1-4H3,(H2,19,20,21);1H. The van der Waals surface area contributed by atoms with E-state index in [2.05, 4.69) is 22.5 Å². The molecule has 0 spiro atoms. The van der Waals surface area contributed by atoms with Gasteiger partial charge in [-0.05, 0) is 36.3 Å². The molecule has 1 fully saturated rings. The quantitative estimate of drug-likeness (QED) is 0.348. The van der Waals surface area contributed by atoms with E-state index in [1.807, 2.05) is 12.1 Å². The van der Waals surface area contributed by atoms with Crippen molar-refractivity contribution in [2.75, 3.05) is 27.7 Å². The molecule has 1 aromatic rings. The van der Waals surface area contributed by atoms with Gasteiger partial charge in [0, 0.05) is 34.2 Å². The number of hydrogen-bond acceptors (Lipinski definition) is 3. The monoisotopic (exact) mass is 494 g/mol. The summed E-state index contributed by atoms with van der Waals surface area (Å²) in [5, 5.41) is 6.63. The van der Waals surface area contributed by atoms with Gasteiger partial charge in [-0.25, -0.2) is 12.7 Å². The van der Waals surface area contributed by atoms with Crippen LogP contribution in [-0.4, -0.2) is 46.4 Å². The van der Waals surface area contributed by atoms with Crippen molar-refractivity contribution in [2.45, 2.75) is 44.0 Å². The Bertz CT molecular complexity index is 710. The summed E-state index contributed by atoms with van der Waals surface area (Å²) < 4.78 is 26.2. The van der Waals surface area contributed by atoms with Crippen molar-refractivity contribution in [3.63, 3.8) is 0 Å². The number of aliphatic imine (C=N–C) groups is 1. The van der Waals surface area contributed by atoms with Gasteiger partial charge in [0.15, 0.2) is 5.96 Å². The summed E-state index contributed by atoms with van der Waals surface area (Å²) in [5.41, 5.74) is 1.12. The Labute approximate surface area is 174 Å². The van der Waals surface area contributed by atoms with Gasteiger partial charge in [-0.2, -0.15) is 0 Å². The van der Waals surface area contributed by atoms with Gasteiger partial charge in [-0.15, -0.1) is 24.0 Å². The van der Waals surface area contributed by atoms with E-state index in [4.69, 9.17) is 0 Å². The molecule has 0 saturated heterocycles. The minimum absolute atomic E-state index is 0. The Morgan fingerprint density at radius 3 is 2.38 bits per heavy atom. The molecule has 0 amide bonds. The zero-order chi connectivity index (χ0) is 18.5. The highest BCUT2D eigenvalue weighted by Crippen LogP contribution is 2.42. The molecule has 1 aliphatic rings. The van der Waals surface area contributed by atoms with Crippen LogP contribution < -0.4 is 10.6 Å². The lowest BCUT2D eigenvalue weighted by Gasteiger charge is -2.41. The molecule has 2 N–H and O–H groups in total. The van der Waals surface area contributed by atoms with Crippen LogP contribution in [0.2, 0.25) is 0 Å². The van der Waals surface area contributed by atoms with E-state index >= 15 is 0 Å². The number of benzene rings is 1. The van der Waals surface area contributed by atoms with Crippen molar-refractivity contribution in [2.24, 2.45) is 10.4 Å². The Kier molecular flexibility index (Phi) is 8.81. The fraction of sp³-hybridized carbons (Fsp3) is 0.611. The molecule has 6 nitrogen and oxygen atoms in total.